The van der Waals surface area contributed by atoms with Crippen LogP contribution in [0.15, 0.2) is 188 Å². The van der Waals surface area contributed by atoms with Crippen LogP contribution in [-0.4, -0.2) is 15.0 Å². The van der Waals surface area contributed by atoms with Crippen molar-refractivity contribution in [2.24, 2.45) is 0 Å². The van der Waals surface area contributed by atoms with Gasteiger partial charge in [0.25, 0.3) is 0 Å². The highest BCUT2D eigenvalue weighted by Crippen LogP contribution is 2.43. The van der Waals surface area contributed by atoms with Crippen molar-refractivity contribution in [3.63, 3.8) is 0 Å². The van der Waals surface area contributed by atoms with Gasteiger partial charge in [-0.1, -0.05) is 170 Å². The van der Waals surface area contributed by atoms with Gasteiger partial charge in [-0.2, -0.15) is 0 Å². The van der Waals surface area contributed by atoms with Gasteiger partial charge in [0.1, 0.15) is 0 Å². The predicted octanol–water partition coefficient (Wildman–Crippen LogP) is 12.8. The molecule has 1 heterocycles. The number of aromatic nitrogens is 3. The molecule has 52 heavy (non-hydrogen) atoms. The first-order valence-electron chi connectivity index (χ1n) is 17.6. The van der Waals surface area contributed by atoms with Gasteiger partial charge in [-0.05, 0) is 83.5 Å². The Morgan fingerprint density at radius 1 is 0.250 bits per heavy atom. The van der Waals surface area contributed by atoms with Gasteiger partial charge in [0.05, 0.1) is 0 Å². The van der Waals surface area contributed by atoms with Crippen LogP contribution in [0.4, 0.5) is 0 Å². The standard InChI is InChI=1S/C49H31N3/c1-3-14-32(15-4-1)35-20-13-21-37(30-35)48-50-47(34-17-5-2-6-18-34)51-49(52-48)44-29-28-42(40-24-11-12-25-41(40)44)46-39-23-10-8-19-36(39)31-45-38-22-9-7-16-33(38)26-27-43(45)46/h1-31H. The van der Waals surface area contributed by atoms with Gasteiger partial charge in [-0.3, -0.25) is 0 Å². The Labute approximate surface area is 301 Å². The summed E-state index contributed by atoms with van der Waals surface area (Å²) in [6, 6.07) is 66.4. The summed E-state index contributed by atoms with van der Waals surface area (Å²) < 4.78 is 0. The van der Waals surface area contributed by atoms with Crippen LogP contribution in [0, 0.1) is 0 Å². The zero-order valence-electron chi connectivity index (χ0n) is 28.2. The fourth-order valence-electron chi connectivity index (χ4n) is 7.63. The van der Waals surface area contributed by atoms with E-state index in [1.165, 1.54) is 43.4 Å². The van der Waals surface area contributed by atoms with Crippen molar-refractivity contribution in [1.29, 1.82) is 0 Å². The quantitative estimate of drug-likeness (QED) is 0.136. The summed E-state index contributed by atoms with van der Waals surface area (Å²) in [6.45, 7) is 0. The number of fused-ring (bicyclic) bond motifs is 5. The third kappa shape index (κ3) is 5.10. The van der Waals surface area contributed by atoms with Crippen molar-refractivity contribution >= 4 is 43.1 Å². The highest BCUT2D eigenvalue weighted by Gasteiger charge is 2.19. The van der Waals surface area contributed by atoms with Gasteiger partial charge in [-0.25, -0.2) is 15.0 Å². The van der Waals surface area contributed by atoms with Crippen LogP contribution in [-0.2, 0) is 0 Å². The molecule has 0 radical (unpaired) electrons. The monoisotopic (exact) mass is 661 g/mol. The fourth-order valence-corrected chi connectivity index (χ4v) is 7.63. The minimum Gasteiger partial charge on any atom is -0.208 e. The van der Waals surface area contributed by atoms with Gasteiger partial charge < -0.3 is 0 Å². The third-order valence-electron chi connectivity index (χ3n) is 10.1. The molecule has 242 valence electrons. The molecule has 0 fully saturated rings. The smallest absolute Gasteiger partial charge is 0.164 e. The van der Waals surface area contributed by atoms with Gasteiger partial charge in [0.15, 0.2) is 17.5 Å². The Kier molecular flexibility index (Phi) is 7.14. The summed E-state index contributed by atoms with van der Waals surface area (Å²) >= 11 is 0. The fraction of sp³-hybridized carbons (Fsp3) is 0. The lowest BCUT2D eigenvalue weighted by Gasteiger charge is -2.17. The number of benzene rings is 9. The Morgan fingerprint density at radius 2 is 0.788 bits per heavy atom. The average Bonchev–Trinajstić information content (AvgIpc) is 3.23. The minimum atomic E-state index is 0.640. The topological polar surface area (TPSA) is 38.7 Å². The van der Waals surface area contributed by atoms with Crippen LogP contribution in [0.5, 0.6) is 0 Å². The molecule has 0 atom stereocenters. The number of nitrogens with zero attached hydrogens (tertiary/aromatic N) is 3. The lowest BCUT2D eigenvalue weighted by molar-refractivity contribution is 1.08. The van der Waals surface area contributed by atoms with Crippen molar-refractivity contribution in [1.82, 2.24) is 15.0 Å². The summed E-state index contributed by atoms with van der Waals surface area (Å²) in [5.41, 5.74) is 7.54. The van der Waals surface area contributed by atoms with Crippen molar-refractivity contribution in [3.8, 4) is 56.4 Å². The van der Waals surface area contributed by atoms with E-state index in [-0.39, 0.29) is 0 Å². The molecule has 0 amide bonds. The van der Waals surface area contributed by atoms with E-state index in [9.17, 15) is 0 Å². The summed E-state index contributed by atoms with van der Waals surface area (Å²) in [7, 11) is 0. The number of rotatable bonds is 5. The van der Waals surface area contributed by atoms with Crippen LogP contribution in [0.25, 0.3) is 99.5 Å². The van der Waals surface area contributed by atoms with E-state index >= 15 is 0 Å². The molecule has 10 rings (SSSR count). The van der Waals surface area contributed by atoms with Crippen LogP contribution in [0.2, 0.25) is 0 Å². The molecular formula is C49H31N3. The number of hydrogen-bond acceptors (Lipinski definition) is 3. The SMILES string of the molecule is c1ccc(-c2cccc(-c3nc(-c4ccccc4)nc(-c4ccc(-c5c6ccccc6cc6c5ccc5ccccc56)c5ccccc45)n3)c2)cc1. The first-order chi connectivity index (χ1) is 25.8. The first kappa shape index (κ1) is 29.9. The maximum atomic E-state index is 5.20. The Balaban J connectivity index is 1.21. The average molecular weight is 662 g/mol. The largest absolute Gasteiger partial charge is 0.208 e. The lowest BCUT2D eigenvalue weighted by atomic mass is 9.87. The van der Waals surface area contributed by atoms with E-state index in [1.807, 2.05) is 24.3 Å². The second-order valence-corrected chi connectivity index (χ2v) is 13.2. The van der Waals surface area contributed by atoms with Crippen molar-refractivity contribution < 1.29 is 0 Å². The Hall–Kier alpha value is -6.97. The minimum absolute atomic E-state index is 0.640. The van der Waals surface area contributed by atoms with Gasteiger partial charge in [0, 0.05) is 16.7 Å². The maximum Gasteiger partial charge on any atom is 0.164 e. The van der Waals surface area contributed by atoms with Crippen molar-refractivity contribution in [3.05, 3.63) is 188 Å². The van der Waals surface area contributed by atoms with Crippen LogP contribution < -0.4 is 0 Å². The van der Waals surface area contributed by atoms with E-state index in [4.69, 9.17) is 15.0 Å². The van der Waals surface area contributed by atoms with Crippen LogP contribution >= 0.6 is 0 Å². The molecule has 10 aromatic rings. The van der Waals surface area contributed by atoms with E-state index in [2.05, 4.69) is 164 Å². The zero-order valence-corrected chi connectivity index (χ0v) is 28.2. The summed E-state index contributed by atoms with van der Waals surface area (Å²) in [5, 5.41) is 9.70. The van der Waals surface area contributed by atoms with E-state index in [0.29, 0.717) is 17.5 Å². The van der Waals surface area contributed by atoms with Gasteiger partial charge in [-0.15, -0.1) is 0 Å². The molecule has 0 aliphatic heterocycles. The van der Waals surface area contributed by atoms with Crippen molar-refractivity contribution in [2.45, 2.75) is 0 Å². The van der Waals surface area contributed by atoms with Crippen LogP contribution in [0.3, 0.4) is 0 Å². The maximum absolute atomic E-state index is 5.20. The van der Waals surface area contributed by atoms with Gasteiger partial charge >= 0.3 is 0 Å². The number of hydrogen-bond donors (Lipinski definition) is 0. The highest BCUT2D eigenvalue weighted by molar-refractivity contribution is 6.22. The van der Waals surface area contributed by atoms with Gasteiger partial charge in [0.2, 0.25) is 0 Å². The molecule has 0 unspecified atom stereocenters. The molecule has 0 aliphatic carbocycles. The third-order valence-corrected chi connectivity index (χ3v) is 10.1. The Bertz CT molecular complexity index is 2950. The molecule has 3 nitrogen and oxygen atoms in total. The van der Waals surface area contributed by atoms with E-state index in [1.54, 1.807) is 0 Å². The molecule has 0 saturated carbocycles. The molecule has 3 heteroatoms. The van der Waals surface area contributed by atoms with E-state index < -0.39 is 0 Å². The van der Waals surface area contributed by atoms with Crippen LogP contribution in [0.1, 0.15) is 0 Å². The molecule has 0 spiro atoms. The second-order valence-electron chi connectivity index (χ2n) is 13.2. The summed E-state index contributed by atoms with van der Waals surface area (Å²) in [4.78, 5) is 15.4. The normalized spacial score (nSPS) is 11.5. The van der Waals surface area contributed by atoms with E-state index in [0.717, 1.165) is 38.6 Å². The highest BCUT2D eigenvalue weighted by atomic mass is 15.0. The molecule has 9 aromatic carbocycles. The molecular weight excluding hydrogens is 631 g/mol. The molecule has 1 aromatic heterocycles. The molecule has 0 N–H and O–H groups in total. The molecule has 0 aliphatic rings. The Morgan fingerprint density at radius 3 is 1.56 bits per heavy atom. The zero-order chi connectivity index (χ0) is 34.4. The molecule has 0 bridgehead atoms. The summed E-state index contributed by atoms with van der Waals surface area (Å²) in [5.74, 6) is 1.93. The first-order valence-corrected chi connectivity index (χ1v) is 17.6. The summed E-state index contributed by atoms with van der Waals surface area (Å²) in [6.07, 6.45) is 0. The molecule has 0 saturated heterocycles. The predicted molar refractivity (Wildman–Crippen MR) is 217 cm³/mol. The second kappa shape index (κ2) is 12.4. The lowest BCUT2D eigenvalue weighted by Crippen LogP contribution is -2.01. The van der Waals surface area contributed by atoms with Crippen molar-refractivity contribution in [2.75, 3.05) is 0 Å².